The summed E-state index contributed by atoms with van der Waals surface area (Å²) in [6, 6.07) is 8.16. The summed E-state index contributed by atoms with van der Waals surface area (Å²) in [5.74, 6) is 2.26. The quantitative estimate of drug-likeness (QED) is 0.488. The molecule has 4 rings (SSSR count). The monoisotopic (exact) mass is 650 g/mol. The molecule has 2 aromatic heterocycles. The molecule has 2 aliphatic heterocycles. The van der Waals surface area contributed by atoms with Crippen LogP contribution in [0.3, 0.4) is 0 Å². The van der Waals surface area contributed by atoms with Gasteiger partial charge >= 0.3 is 0 Å². The highest BCUT2D eigenvalue weighted by molar-refractivity contribution is 14.1. The van der Waals surface area contributed by atoms with E-state index in [0.29, 0.717) is 0 Å². The molecule has 10 heteroatoms. The van der Waals surface area contributed by atoms with E-state index in [-0.39, 0.29) is 24.8 Å². The van der Waals surface area contributed by atoms with Gasteiger partial charge in [0, 0.05) is 64.8 Å². The van der Waals surface area contributed by atoms with E-state index in [0.717, 1.165) is 64.0 Å². The second-order valence-corrected chi connectivity index (χ2v) is 8.42. The minimum atomic E-state index is 0. The van der Waals surface area contributed by atoms with Crippen LogP contribution in [-0.2, 0) is 0 Å². The molecule has 2 saturated heterocycles. The Kier molecular flexibility index (Phi) is 12.9. The fourth-order valence-electron chi connectivity index (χ4n) is 2.97. The average Bonchev–Trinajstić information content (AvgIpc) is 2.71. The van der Waals surface area contributed by atoms with Crippen LogP contribution in [-0.4, -0.2) is 62.3 Å². The lowest BCUT2D eigenvalue weighted by Gasteiger charge is -2.28. The maximum Gasteiger partial charge on any atom is 0.142 e. The van der Waals surface area contributed by atoms with E-state index < -0.39 is 0 Å². The molecule has 0 bridgehead atoms. The van der Waals surface area contributed by atoms with E-state index in [1.165, 1.54) is 7.14 Å². The molecule has 0 unspecified atom stereocenters. The van der Waals surface area contributed by atoms with E-state index in [1.807, 2.05) is 24.5 Å². The Bertz CT molecular complexity index is 638. The minimum Gasteiger partial charge on any atom is -0.353 e. The Balaban J connectivity index is 0.000000261. The Morgan fingerprint density at radius 1 is 0.679 bits per heavy atom. The molecule has 0 spiro atoms. The lowest BCUT2D eigenvalue weighted by molar-refractivity contribution is 0.584. The zero-order valence-electron chi connectivity index (χ0n) is 15.5. The molecular formula is C18H26Cl2I2N6. The summed E-state index contributed by atoms with van der Waals surface area (Å²) < 4.78 is 2.48. The van der Waals surface area contributed by atoms with E-state index in [2.05, 4.69) is 87.7 Å². The van der Waals surface area contributed by atoms with Crippen LogP contribution >= 0.6 is 70.0 Å². The number of aromatic nitrogens is 2. The number of anilines is 2. The summed E-state index contributed by atoms with van der Waals surface area (Å²) >= 11 is 4.68. The molecule has 0 aliphatic carbocycles. The first kappa shape index (κ1) is 25.9. The number of rotatable bonds is 2. The van der Waals surface area contributed by atoms with Crippen LogP contribution in [0, 0.1) is 7.14 Å². The second kappa shape index (κ2) is 14.0. The average molecular weight is 651 g/mol. The minimum absolute atomic E-state index is 0. The normalized spacial score (nSPS) is 16.2. The van der Waals surface area contributed by atoms with E-state index in [4.69, 9.17) is 0 Å². The van der Waals surface area contributed by atoms with Crippen molar-refractivity contribution < 1.29 is 0 Å². The van der Waals surface area contributed by atoms with Gasteiger partial charge in [0.2, 0.25) is 0 Å². The van der Waals surface area contributed by atoms with Crippen molar-refractivity contribution in [3.8, 4) is 0 Å². The number of hydrogen-bond acceptors (Lipinski definition) is 6. The SMILES string of the molecule is Cl.Cl.Ic1cccnc1N1CCNCC1.Ic1cccnc1N1CCNCC1. The second-order valence-electron chi connectivity index (χ2n) is 6.09. The van der Waals surface area contributed by atoms with Crippen LogP contribution < -0.4 is 20.4 Å². The van der Waals surface area contributed by atoms with Gasteiger partial charge in [0.05, 0.1) is 7.14 Å². The molecule has 0 aromatic carbocycles. The molecule has 2 fully saturated rings. The van der Waals surface area contributed by atoms with Crippen LogP contribution in [0.5, 0.6) is 0 Å². The lowest BCUT2D eigenvalue weighted by Crippen LogP contribution is -2.44. The van der Waals surface area contributed by atoms with Crippen molar-refractivity contribution >= 4 is 81.6 Å². The molecule has 0 radical (unpaired) electrons. The van der Waals surface area contributed by atoms with Crippen molar-refractivity contribution in [3.63, 3.8) is 0 Å². The molecule has 2 aromatic rings. The van der Waals surface area contributed by atoms with Gasteiger partial charge in [-0.3, -0.25) is 0 Å². The summed E-state index contributed by atoms with van der Waals surface area (Å²) in [7, 11) is 0. The Hall–Kier alpha value is -0.140. The van der Waals surface area contributed by atoms with Gasteiger partial charge in [-0.05, 0) is 69.4 Å². The largest absolute Gasteiger partial charge is 0.353 e. The number of hydrogen-bond donors (Lipinski definition) is 2. The Morgan fingerprint density at radius 2 is 1.04 bits per heavy atom. The summed E-state index contributed by atoms with van der Waals surface area (Å²) in [5, 5.41) is 6.66. The molecule has 156 valence electrons. The van der Waals surface area contributed by atoms with Crippen molar-refractivity contribution in [1.29, 1.82) is 0 Å². The van der Waals surface area contributed by atoms with Crippen LogP contribution in [0.1, 0.15) is 0 Å². The third-order valence-corrected chi connectivity index (χ3v) is 6.00. The highest BCUT2D eigenvalue weighted by Gasteiger charge is 2.14. The molecule has 2 N–H and O–H groups in total. The van der Waals surface area contributed by atoms with E-state index in [9.17, 15) is 0 Å². The first-order valence-electron chi connectivity index (χ1n) is 8.88. The highest BCUT2D eigenvalue weighted by Crippen LogP contribution is 2.19. The summed E-state index contributed by atoms with van der Waals surface area (Å²) in [5.41, 5.74) is 0. The number of halogens is 4. The third-order valence-electron chi connectivity index (χ3n) is 4.31. The van der Waals surface area contributed by atoms with Crippen molar-refractivity contribution in [2.24, 2.45) is 0 Å². The van der Waals surface area contributed by atoms with Gasteiger partial charge in [0.25, 0.3) is 0 Å². The summed E-state index contributed by atoms with van der Waals surface area (Å²) in [6.45, 7) is 8.50. The van der Waals surface area contributed by atoms with Crippen molar-refractivity contribution in [3.05, 3.63) is 43.8 Å². The highest BCUT2D eigenvalue weighted by atomic mass is 127. The zero-order valence-corrected chi connectivity index (χ0v) is 21.4. The maximum atomic E-state index is 4.39. The van der Waals surface area contributed by atoms with Crippen molar-refractivity contribution in [2.75, 3.05) is 62.2 Å². The third kappa shape index (κ3) is 7.60. The van der Waals surface area contributed by atoms with Gasteiger partial charge in [-0.1, -0.05) is 0 Å². The van der Waals surface area contributed by atoms with Gasteiger partial charge in [-0.2, -0.15) is 0 Å². The molecule has 6 nitrogen and oxygen atoms in total. The predicted molar refractivity (Wildman–Crippen MR) is 139 cm³/mol. The van der Waals surface area contributed by atoms with E-state index in [1.54, 1.807) is 0 Å². The van der Waals surface area contributed by atoms with Crippen LogP contribution in [0.15, 0.2) is 36.7 Å². The lowest BCUT2D eigenvalue weighted by atomic mass is 10.3. The molecule has 0 atom stereocenters. The number of nitrogens with zero attached hydrogens (tertiary/aromatic N) is 4. The number of piperazine rings is 2. The van der Waals surface area contributed by atoms with E-state index >= 15 is 0 Å². The standard InChI is InChI=1S/2C9H12IN3.2ClH/c2*10-8-2-1-3-12-9(8)13-6-4-11-5-7-13;;/h2*1-3,11H,4-7H2;2*1H. The van der Waals surface area contributed by atoms with Gasteiger partial charge in [0.15, 0.2) is 0 Å². The smallest absolute Gasteiger partial charge is 0.142 e. The Morgan fingerprint density at radius 3 is 1.36 bits per heavy atom. The number of nitrogens with one attached hydrogen (secondary N) is 2. The molecular weight excluding hydrogens is 625 g/mol. The fourth-order valence-corrected chi connectivity index (χ4v) is 4.35. The van der Waals surface area contributed by atoms with Gasteiger partial charge in [-0.25, -0.2) is 9.97 Å². The predicted octanol–water partition coefficient (Wildman–Crippen LogP) is 3.04. The molecule has 4 heterocycles. The topological polar surface area (TPSA) is 56.3 Å². The first-order chi connectivity index (χ1) is 12.8. The summed E-state index contributed by atoms with van der Waals surface area (Å²) in [4.78, 5) is 13.4. The maximum absolute atomic E-state index is 4.39. The molecule has 2 aliphatic rings. The molecule has 0 saturated carbocycles. The fraction of sp³-hybridized carbons (Fsp3) is 0.444. The van der Waals surface area contributed by atoms with Crippen LogP contribution in [0.4, 0.5) is 11.6 Å². The van der Waals surface area contributed by atoms with Gasteiger partial charge in [0.1, 0.15) is 11.6 Å². The van der Waals surface area contributed by atoms with Gasteiger partial charge in [-0.15, -0.1) is 24.8 Å². The molecule has 28 heavy (non-hydrogen) atoms. The number of pyridine rings is 2. The van der Waals surface area contributed by atoms with Gasteiger partial charge < -0.3 is 20.4 Å². The van der Waals surface area contributed by atoms with Crippen LogP contribution in [0.2, 0.25) is 0 Å². The van der Waals surface area contributed by atoms with Crippen LogP contribution in [0.25, 0.3) is 0 Å². The summed E-state index contributed by atoms with van der Waals surface area (Å²) in [6.07, 6.45) is 3.72. The van der Waals surface area contributed by atoms with Crippen molar-refractivity contribution in [1.82, 2.24) is 20.6 Å². The molecule has 0 amide bonds. The first-order valence-corrected chi connectivity index (χ1v) is 11.0. The Labute approximate surface area is 206 Å². The van der Waals surface area contributed by atoms with Crippen molar-refractivity contribution in [2.45, 2.75) is 0 Å². The zero-order chi connectivity index (χ0) is 18.2.